The number of amides is 1. The van der Waals surface area contributed by atoms with E-state index in [0.717, 1.165) is 16.8 Å². The van der Waals surface area contributed by atoms with E-state index in [9.17, 15) is 14.0 Å². The molecule has 0 atom stereocenters. The van der Waals surface area contributed by atoms with Crippen molar-refractivity contribution in [3.05, 3.63) is 64.4 Å². The third-order valence-corrected chi connectivity index (χ3v) is 5.38. The van der Waals surface area contributed by atoms with Crippen LogP contribution in [0.15, 0.2) is 30.6 Å². The Labute approximate surface area is 177 Å². The minimum Gasteiger partial charge on any atom is -0.459 e. The Morgan fingerprint density at radius 1 is 1.17 bits per heavy atom. The molecule has 5 nitrogen and oxygen atoms in total. The zero-order valence-electron chi connectivity index (χ0n) is 18.7. The molecule has 0 bridgehead atoms. The number of ether oxygens (including phenoxy) is 1. The highest BCUT2D eigenvalue weighted by molar-refractivity contribution is 6.17. The monoisotopic (exact) mass is 412 g/mol. The molecule has 0 unspecified atom stereocenters. The molecule has 1 amide bonds. The van der Waals surface area contributed by atoms with Crippen LogP contribution in [0.25, 0.3) is 5.57 Å². The van der Waals surface area contributed by atoms with E-state index in [-0.39, 0.29) is 17.8 Å². The smallest absolute Gasteiger partial charge is 0.342 e. The second-order valence-electron chi connectivity index (χ2n) is 8.92. The molecular weight excluding hydrogens is 383 g/mol. The fourth-order valence-electron chi connectivity index (χ4n) is 4.23. The van der Waals surface area contributed by atoms with Gasteiger partial charge >= 0.3 is 5.97 Å². The first-order chi connectivity index (χ1) is 13.9. The van der Waals surface area contributed by atoms with Gasteiger partial charge in [0.15, 0.2) is 0 Å². The number of carbonyl (C=O) groups excluding carboxylic acids is 2. The highest BCUT2D eigenvalue weighted by atomic mass is 19.1. The number of halogens is 1. The third-order valence-electron chi connectivity index (χ3n) is 5.38. The normalized spacial score (nSPS) is 15.5. The number of hydrogen-bond donors (Lipinski definition) is 0. The summed E-state index contributed by atoms with van der Waals surface area (Å²) in [5, 5.41) is 0. The lowest BCUT2D eigenvalue weighted by molar-refractivity contribution is -0.140. The zero-order valence-corrected chi connectivity index (χ0v) is 18.7. The lowest BCUT2D eigenvalue weighted by Gasteiger charge is -2.30. The van der Waals surface area contributed by atoms with E-state index in [0.29, 0.717) is 23.2 Å². The van der Waals surface area contributed by atoms with Gasteiger partial charge in [0, 0.05) is 37.0 Å². The number of hydrogen-bond acceptors (Lipinski definition) is 3. The summed E-state index contributed by atoms with van der Waals surface area (Å²) in [7, 11) is 1.89. The number of aryl methyl sites for hydroxylation is 3. The second-order valence-corrected chi connectivity index (χ2v) is 8.92. The molecule has 1 aromatic heterocycles. The number of benzene rings is 1. The quantitative estimate of drug-likeness (QED) is 0.697. The molecule has 0 aliphatic carbocycles. The van der Waals surface area contributed by atoms with Crippen molar-refractivity contribution in [3.8, 4) is 0 Å². The standard InChI is InChI=1S/C24H29FN2O3/c1-14(2)30-23(29)18-12-27(22(28)17-8-9-19(25)15(3)10-17)13-24(5,6)20-16(4)11-26(7)21(18)20/h8-12,14H,13H2,1-7H3. The highest BCUT2D eigenvalue weighted by Gasteiger charge is 2.38. The molecule has 160 valence electrons. The number of esters is 1. The van der Waals surface area contributed by atoms with Gasteiger partial charge in [-0.15, -0.1) is 0 Å². The molecule has 3 rings (SSSR count). The molecule has 2 aromatic rings. The second kappa shape index (κ2) is 7.74. The van der Waals surface area contributed by atoms with Gasteiger partial charge in [-0.25, -0.2) is 9.18 Å². The zero-order chi connectivity index (χ0) is 22.4. The summed E-state index contributed by atoms with van der Waals surface area (Å²) in [6.45, 7) is 11.7. The molecule has 1 aliphatic heterocycles. The number of aromatic nitrogens is 1. The van der Waals surface area contributed by atoms with Gasteiger partial charge in [0.05, 0.1) is 17.4 Å². The topological polar surface area (TPSA) is 51.5 Å². The maximum Gasteiger partial charge on any atom is 0.342 e. The fourth-order valence-corrected chi connectivity index (χ4v) is 4.23. The molecule has 0 spiro atoms. The van der Waals surface area contributed by atoms with Gasteiger partial charge in [-0.1, -0.05) is 13.8 Å². The van der Waals surface area contributed by atoms with E-state index in [1.54, 1.807) is 31.9 Å². The summed E-state index contributed by atoms with van der Waals surface area (Å²) in [6, 6.07) is 4.30. The van der Waals surface area contributed by atoms with E-state index in [2.05, 4.69) is 13.8 Å². The first kappa shape index (κ1) is 21.8. The van der Waals surface area contributed by atoms with Gasteiger partial charge in [-0.2, -0.15) is 0 Å². The van der Waals surface area contributed by atoms with Crippen LogP contribution in [-0.2, 0) is 22.0 Å². The third kappa shape index (κ3) is 3.91. The first-order valence-electron chi connectivity index (χ1n) is 10.1. The Hall–Kier alpha value is -2.89. The summed E-state index contributed by atoms with van der Waals surface area (Å²) < 4.78 is 21.1. The number of carbonyl (C=O) groups is 2. The molecular formula is C24H29FN2O3. The minimum atomic E-state index is -0.474. The predicted molar refractivity (Wildman–Crippen MR) is 115 cm³/mol. The SMILES string of the molecule is Cc1cc(C(=O)N2C=C(C(=O)OC(C)C)c3c(c(C)cn3C)C(C)(C)C2)ccc1F. The fraction of sp³-hybridized carbons (Fsp3) is 0.417. The van der Waals surface area contributed by atoms with Crippen molar-refractivity contribution in [2.75, 3.05) is 6.54 Å². The molecule has 0 saturated heterocycles. The van der Waals surface area contributed by atoms with Crippen LogP contribution >= 0.6 is 0 Å². The van der Waals surface area contributed by atoms with Crippen molar-refractivity contribution in [1.29, 1.82) is 0 Å². The van der Waals surface area contributed by atoms with Gasteiger partial charge in [-0.3, -0.25) is 4.79 Å². The van der Waals surface area contributed by atoms with Gasteiger partial charge in [0.1, 0.15) is 5.82 Å². The molecule has 1 aliphatic rings. The average Bonchev–Trinajstić information content (AvgIpc) is 2.86. The van der Waals surface area contributed by atoms with E-state index < -0.39 is 11.4 Å². The van der Waals surface area contributed by atoms with Crippen LogP contribution in [-0.4, -0.2) is 34.0 Å². The van der Waals surface area contributed by atoms with Gasteiger partial charge in [0.25, 0.3) is 5.91 Å². The maximum atomic E-state index is 13.7. The van der Waals surface area contributed by atoms with Gasteiger partial charge in [-0.05, 0) is 62.6 Å². The maximum absolute atomic E-state index is 13.7. The van der Waals surface area contributed by atoms with Crippen LogP contribution < -0.4 is 0 Å². The van der Waals surface area contributed by atoms with Crippen LogP contribution in [0.5, 0.6) is 0 Å². The first-order valence-corrected chi connectivity index (χ1v) is 10.1. The average molecular weight is 413 g/mol. The van der Waals surface area contributed by atoms with E-state index in [4.69, 9.17) is 4.74 Å². The van der Waals surface area contributed by atoms with Gasteiger partial charge in [0.2, 0.25) is 0 Å². The number of nitrogens with zero attached hydrogens (tertiary/aromatic N) is 2. The number of fused-ring (bicyclic) bond motifs is 1. The number of rotatable bonds is 3. The summed E-state index contributed by atoms with van der Waals surface area (Å²) in [6.07, 6.45) is 3.28. The van der Waals surface area contributed by atoms with Gasteiger partial charge < -0.3 is 14.2 Å². The van der Waals surface area contributed by atoms with Crippen molar-refractivity contribution in [1.82, 2.24) is 9.47 Å². The van der Waals surface area contributed by atoms with Crippen molar-refractivity contribution >= 4 is 17.4 Å². The van der Waals surface area contributed by atoms with Crippen molar-refractivity contribution in [3.63, 3.8) is 0 Å². The van der Waals surface area contributed by atoms with Crippen LogP contribution in [0, 0.1) is 19.7 Å². The minimum absolute atomic E-state index is 0.286. The van der Waals surface area contributed by atoms with E-state index in [1.165, 1.54) is 18.2 Å². The predicted octanol–water partition coefficient (Wildman–Crippen LogP) is 4.51. The largest absolute Gasteiger partial charge is 0.459 e. The Morgan fingerprint density at radius 2 is 1.83 bits per heavy atom. The van der Waals surface area contributed by atoms with Crippen molar-refractivity contribution in [2.45, 2.75) is 53.1 Å². The summed E-state index contributed by atoms with van der Waals surface area (Å²) >= 11 is 0. The van der Waals surface area contributed by atoms with Crippen molar-refractivity contribution in [2.24, 2.45) is 7.05 Å². The lowest BCUT2D eigenvalue weighted by Crippen LogP contribution is -2.37. The highest BCUT2D eigenvalue weighted by Crippen LogP contribution is 2.39. The van der Waals surface area contributed by atoms with Crippen molar-refractivity contribution < 1.29 is 18.7 Å². The lowest BCUT2D eigenvalue weighted by atomic mass is 9.81. The molecule has 1 aromatic carbocycles. The van der Waals surface area contributed by atoms with E-state index >= 15 is 0 Å². The van der Waals surface area contributed by atoms with Crippen LogP contribution in [0.1, 0.15) is 60.4 Å². The molecule has 0 saturated carbocycles. The molecule has 0 radical (unpaired) electrons. The molecule has 0 fully saturated rings. The molecule has 0 N–H and O–H groups in total. The van der Waals surface area contributed by atoms with E-state index in [1.807, 2.05) is 24.7 Å². The van der Waals surface area contributed by atoms with Crippen LogP contribution in [0.4, 0.5) is 4.39 Å². The Morgan fingerprint density at radius 3 is 2.43 bits per heavy atom. The Bertz CT molecular complexity index is 1050. The molecule has 6 heteroatoms. The van der Waals surface area contributed by atoms with Crippen LogP contribution in [0.2, 0.25) is 0 Å². The molecule has 30 heavy (non-hydrogen) atoms. The summed E-state index contributed by atoms with van der Waals surface area (Å²) in [5.41, 5.74) is 3.52. The summed E-state index contributed by atoms with van der Waals surface area (Å²) in [4.78, 5) is 27.9. The Balaban J connectivity index is 2.16. The Kier molecular flexibility index (Phi) is 5.63. The van der Waals surface area contributed by atoms with Crippen LogP contribution in [0.3, 0.4) is 0 Å². The summed E-state index contributed by atoms with van der Waals surface area (Å²) in [5.74, 6) is -1.12. The molecule has 2 heterocycles.